The Morgan fingerprint density at radius 3 is 2.36 bits per heavy atom. The molecule has 0 fully saturated rings. The summed E-state index contributed by atoms with van der Waals surface area (Å²) in [5.41, 5.74) is 0. The molecule has 0 saturated heterocycles. The minimum absolute atomic E-state index is 0.726. The molecule has 0 aromatic rings. The quantitative estimate of drug-likeness (QED) is 0.400. The number of ether oxygens (including phenoxy) is 1. The molecule has 0 bridgehead atoms. The fourth-order valence-electron chi connectivity index (χ4n) is 1.00. The van der Waals surface area contributed by atoms with Gasteiger partial charge in [0.15, 0.2) is 0 Å². The number of hydrogen-bond donors (Lipinski definition) is 0. The van der Waals surface area contributed by atoms with E-state index in [1.165, 1.54) is 19.3 Å². The third-order valence-electron chi connectivity index (χ3n) is 1.67. The standard InChI is InChI=1S/C9H18O2/c1-11-9-7-5-3-2-4-6-8-10/h8H,2-7,9H2,1H3. The summed E-state index contributed by atoms with van der Waals surface area (Å²) in [7, 11) is 1.73. The maximum Gasteiger partial charge on any atom is 0.119 e. The van der Waals surface area contributed by atoms with Gasteiger partial charge in [0.05, 0.1) is 0 Å². The molecule has 0 aromatic heterocycles. The van der Waals surface area contributed by atoms with Crippen molar-refractivity contribution < 1.29 is 9.53 Å². The van der Waals surface area contributed by atoms with E-state index >= 15 is 0 Å². The lowest BCUT2D eigenvalue weighted by Crippen LogP contribution is -1.88. The van der Waals surface area contributed by atoms with E-state index in [0.717, 1.165) is 32.2 Å². The smallest absolute Gasteiger partial charge is 0.119 e. The van der Waals surface area contributed by atoms with Crippen LogP contribution in [0, 0.1) is 0 Å². The molecule has 2 nitrogen and oxygen atoms in total. The highest BCUT2D eigenvalue weighted by Crippen LogP contribution is 2.03. The van der Waals surface area contributed by atoms with Crippen LogP contribution in [-0.4, -0.2) is 20.0 Å². The summed E-state index contributed by atoms with van der Waals surface area (Å²) in [5, 5.41) is 0. The van der Waals surface area contributed by atoms with Gasteiger partial charge in [-0.05, 0) is 12.8 Å². The molecule has 0 aliphatic carbocycles. The van der Waals surface area contributed by atoms with Crippen LogP contribution in [0.1, 0.15) is 38.5 Å². The Labute approximate surface area is 68.9 Å². The molecule has 0 rings (SSSR count). The van der Waals surface area contributed by atoms with Crippen molar-refractivity contribution in [3.05, 3.63) is 0 Å². The van der Waals surface area contributed by atoms with Crippen molar-refractivity contribution in [1.29, 1.82) is 0 Å². The van der Waals surface area contributed by atoms with E-state index in [4.69, 9.17) is 4.74 Å². The summed E-state index contributed by atoms with van der Waals surface area (Å²) in [4.78, 5) is 9.92. The fraction of sp³-hybridized carbons (Fsp3) is 0.889. The molecular formula is C9H18O2. The monoisotopic (exact) mass is 158 g/mol. The van der Waals surface area contributed by atoms with Crippen molar-refractivity contribution in [3.8, 4) is 0 Å². The largest absolute Gasteiger partial charge is 0.385 e. The van der Waals surface area contributed by atoms with Crippen molar-refractivity contribution in [2.75, 3.05) is 13.7 Å². The van der Waals surface area contributed by atoms with Crippen molar-refractivity contribution in [1.82, 2.24) is 0 Å². The molecular weight excluding hydrogens is 140 g/mol. The van der Waals surface area contributed by atoms with Gasteiger partial charge >= 0.3 is 0 Å². The lowest BCUT2D eigenvalue weighted by molar-refractivity contribution is -0.107. The number of rotatable bonds is 8. The molecule has 0 N–H and O–H groups in total. The molecule has 11 heavy (non-hydrogen) atoms. The van der Waals surface area contributed by atoms with E-state index in [1.54, 1.807) is 7.11 Å². The summed E-state index contributed by atoms with van der Waals surface area (Å²) in [5.74, 6) is 0. The lowest BCUT2D eigenvalue weighted by atomic mass is 10.1. The molecule has 0 atom stereocenters. The Kier molecular flexibility index (Phi) is 9.31. The van der Waals surface area contributed by atoms with E-state index in [0.29, 0.717) is 0 Å². The van der Waals surface area contributed by atoms with Crippen LogP contribution >= 0.6 is 0 Å². The first kappa shape index (κ1) is 10.6. The van der Waals surface area contributed by atoms with Crippen LogP contribution in [0.15, 0.2) is 0 Å². The minimum atomic E-state index is 0.726. The predicted molar refractivity (Wildman–Crippen MR) is 45.6 cm³/mol. The zero-order valence-corrected chi connectivity index (χ0v) is 7.34. The van der Waals surface area contributed by atoms with Crippen LogP contribution in [0.3, 0.4) is 0 Å². The Morgan fingerprint density at radius 2 is 1.73 bits per heavy atom. The number of unbranched alkanes of at least 4 members (excludes halogenated alkanes) is 5. The minimum Gasteiger partial charge on any atom is -0.385 e. The third-order valence-corrected chi connectivity index (χ3v) is 1.67. The number of carbonyl (C=O) groups excluding carboxylic acids is 1. The number of aldehydes is 1. The fourth-order valence-corrected chi connectivity index (χ4v) is 1.00. The molecule has 0 aliphatic heterocycles. The average Bonchev–Trinajstić information content (AvgIpc) is 2.03. The molecule has 0 aromatic carbocycles. The summed E-state index contributed by atoms with van der Waals surface area (Å²) < 4.78 is 4.91. The molecule has 0 spiro atoms. The highest BCUT2D eigenvalue weighted by molar-refractivity contribution is 5.48. The van der Waals surface area contributed by atoms with Gasteiger partial charge in [0.2, 0.25) is 0 Å². The lowest BCUT2D eigenvalue weighted by Gasteiger charge is -1.98. The molecule has 0 aliphatic rings. The van der Waals surface area contributed by atoms with Crippen LogP contribution in [0.5, 0.6) is 0 Å². The summed E-state index contributed by atoms with van der Waals surface area (Å²) in [6, 6.07) is 0. The molecule has 0 radical (unpaired) electrons. The first-order valence-corrected chi connectivity index (χ1v) is 4.34. The van der Waals surface area contributed by atoms with Crippen molar-refractivity contribution in [2.45, 2.75) is 38.5 Å². The van der Waals surface area contributed by atoms with Gasteiger partial charge in [-0.2, -0.15) is 0 Å². The summed E-state index contributed by atoms with van der Waals surface area (Å²) in [6.07, 6.45) is 7.57. The zero-order valence-electron chi connectivity index (χ0n) is 7.34. The van der Waals surface area contributed by atoms with E-state index < -0.39 is 0 Å². The maximum absolute atomic E-state index is 9.92. The Bertz CT molecular complexity index is 81.6. The highest BCUT2D eigenvalue weighted by atomic mass is 16.5. The van der Waals surface area contributed by atoms with Crippen LogP contribution < -0.4 is 0 Å². The Morgan fingerprint density at radius 1 is 1.09 bits per heavy atom. The van der Waals surface area contributed by atoms with Gasteiger partial charge in [0, 0.05) is 20.1 Å². The zero-order chi connectivity index (χ0) is 8.36. The third kappa shape index (κ3) is 9.63. The van der Waals surface area contributed by atoms with Crippen molar-refractivity contribution >= 4 is 6.29 Å². The number of carbonyl (C=O) groups is 1. The molecule has 0 unspecified atom stereocenters. The molecule has 0 saturated carbocycles. The van der Waals surface area contributed by atoms with E-state index in [9.17, 15) is 4.79 Å². The van der Waals surface area contributed by atoms with Gasteiger partial charge in [0.1, 0.15) is 6.29 Å². The Balaban J connectivity index is 2.74. The van der Waals surface area contributed by atoms with Gasteiger partial charge < -0.3 is 9.53 Å². The average molecular weight is 158 g/mol. The highest BCUT2D eigenvalue weighted by Gasteiger charge is 1.89. The van der Waals surface area contributed by atoms with E-state index in [-0.39, 0.29) is 0 Å². The predicted octanol–water partition coefficient (Wildman–Crippen LogP) is 2.17. The van der Waals surface area contributed by atoms with Crippen LogP contribution in [0.2, 0.25) is 0 Å². The first-order valence-electron chi connectivity index (χ1n) is 4.34. The van der Waals surface area contributed by atoms with Gasteiger partial charge in [-0.15, -0.1) is 0 Å². The van der Waals surface area contributed by atoms with Gasteiger partial charge in [-0.25, -0.2) is 0 Å². The second-order valence-corrected chi connectivity index (χ2v) is 2.72. The Hall–Kier alpha value is -0.370. The molecule has 66 valence electrons. The maximum atomic E-state index is 9.92. The van der Waals surface area contributed by atoms with E-state index in [1.807, 2.05) is 0 Å². The first-order chi connectivity index (χ1) is 5.41. The SMILES string of the molecule is COCCCCCCCC=O. The van der Waals surface area contributed by atoms with Crippen LogP contribution in [0.4, 0.5) is 0 Å². The van der Waals surface area contributed by atoms with E-state index in [2.05, 4.69) is 0 Å². The molecule has 0 amide bonds. The number of methoxy groups -OCH3 is 1. The topological polar surface area (TPSA) is 26.3 Å². The summed E-state index contributed by atoms with van der Waals surface area (Å²) >= 11 is 0. The van der Waals surface area contributed by atoms with Gasteiger partial charge in [-0.1, -0.05) is 19.3 Å². The van der Waals surface area contributed by atoms with Gasteiger partial charge in [0.25, 0.3) is 0 Å². The molecule has 2 heteroatoms. The normalized spacial score (nSPS) is 9.91. The molecule has 0 heterocycles. The van der Waals surface area contributed by atoms with Crippen molar-refractivity contribution in [2.24, 2.45) is 0 Å². The second-order valence-electron chi connectivity index (χ2n) is 2.72. The van der Waals surface area contributed by atoms with Crippen LogP contribution in [-0.2, 0) is 9.53 Å². The van der Waals surface area contributed by atoms with Crippen molar-refractivity contribution in [3.63, 3.8) is 0 Å². The number of hydrogen-bond acceptors (Lipinski definition) is 2. The summed E-state index contributed by atoms with van der Waals surface area (Å²) in [6.45, 7) is 0.869. The second kappa shape index (κ2) is 9.63. The van der Waals surface area contributed by atoms with Crippen LogP contribution in [0.25, 0.3) is 0 Å². The van der Waals surface area contributed by atoms with Gasteiger partial charge in [-0.3, -0.25) is 0 Å².